The van der Waals surface area contributed by atoms with E-state index in [1.165, 1.54) is 11.1 Å². The lowest BCUT2D eigenvalue weighted by molar-refractivity contribution is 0.747. The number of nitrogens with two attached hydrogens (primary N) is 2. The SMILES string of the molecule is C/C=C(CC1=CC=CCC1N)\C(N)=C/CCC. The molecule has 0 spiro atoms. The van der Waals surface area contributed by atoms with Crippen molar-refractivity contribution in [2.45, 2.75) is 45.6 Å². The molecule has 0 aromatic carbocycles. The molecule has 2 nitrogen and oxygen atoms in total. The Morgan fingerprint density at radius 1 is 1.53 bits per heavy atom. The summed E-state index contributed by atoms with van der Waals surface area (Å²) < 4.78 is 0. The minimum absolute atomic E-state index is 0.147. The molecule has 0 saturated carbocycles. The summed E-state index contributed by atoms with van der Waals surface area (Å²) in [6.45, 7) is 4.19. The van der Waals surface area contributed by atoms with E-state index >= 15 is 0 Å². The largest absolute Gasteiger partial charge is 0.399 e. The van der Waals surface area contributed by atoms with Gasteiger partial charge in [0, 0.05) is 11.7 Å². The summed E-state index contributed by atoms with van der Waals surface area (Å²) in [6.07, 6.45) is 14.5. The Kier molecular flexibility index (Phi) is 5.78. The van der Waals surface area contributed by atoms with Gasteiger partial charge in [0.05, 0.1) is 0 Å². The molecule has 1 aliphatic rings. The van der Waals surface area contributed by atoms with Crippen LogP contribution in [0.2, 0.25) is 0 Å². The standard InChI is InChI=1S/C15H24N2/c1-3-5-9-14(16)12(4-2)11-13-8-6-7-10-15(13)17/h4,6-9,15H,3,5,10-11,16-17H2,1-2H3/b12-4-,14-9+. The first kappa shape index (κ1) is 13.8. The maximum Gasteiger partial charge on any atom is 0.0305 e. The number of hydrogen-bond acceptors (Lipinski definition) is 2. The van der Waals surface area contributed by atoms with Crippen molar-refractivity contribution in [1.82, 2.24) is 0 Å². The lowest BCUT2D eigenvalue weighted by Gasteiger charge is -2.19. The molecule has 4 N–H and O–H groups in total. The van der Waals surface area contributed by atoms with E-state index in [-0.39, 0.29) is 6.04 Å². The molecule has 1 aliphatic carbocycles. The highest BCUT2D eigenvalue weighted by atomic mass is 14.6. The molecular formula is C15H24N2. The van der Waals surface area contributed by atoms with E-state index in [4.69, 9.17) is 11.5 Å². The second-order valence-electron chi connectivity index (χ2n) is 4.45. The van der Waals surface area contributed by atoms with Crippen LogP contribution in [0, 0.1) is 0 Å². The molecule has 0 radical (unpaired) electrons. The lowest BCUT2D eigenvalue weighted by atomic mass is 9.92. The van der Waals surface area contributed by atoms with Gasteiger partial charge in [-0.3, -0.25) is 0 Å². The van der Waals surface area contributed by atoms with Crippen molar-refractivity contribution < 1.29 is 0 Å². The third-order valence-electron chi connectivity index (χ3n) is 3.08. The van der Waals surface area contributed by atoms with E-state index < -0.39 is 0 Å². The smallest absolute Gasteiger partial charge is 0.0305 e. The summed E-state index contributed by atoms with van der Waals surface area (Å²) in [5.41, 5.74) is 15.5. The lowest BCUT2D eigenvalue weighted by Crippen LogP contribution is -2.24. The van der Waals surface area contributed by atoms with Crippen LogP contribution in [0.25, 0.3) is 0 Å². The van der Waals surface area contributed by atoms with Crippen LogP contribution in [-0.2, 0) is 0 Å². The van der Waals surface area contributed by atoms with Crippen molar-refractivity contribution >= 4 is 0 Å². The summed E-state index contributed by atoms with van der Waals surface area (Å²) in [7, 11) is 0. The van der Waals surface area contributed by atoms with Gasteiger partial charge in [0.15, 0.2) is 0 Å². The van der Waals surface area contributed by atoms with E-state index in [2.05, 4.69) is 37.3 Å². The predicted molar refractivity (Wildman–Crippen MR) is 75.4 cm³/mol. The summed E-state index contributed by atoms with van der Waals surface area (Å²) in [5.74, 6) is 0. The Hall–Kier alpha value is -1.28. The van der Waals surface area contributed by atoms with Crippen LogP contribution < -0.4 is 11.5 Å². The quantitative estimate of drug-likeness (QED) is 0.715. The molecule has 2 heteroatoms. The van der Waals surface area contributed by atoms with E-state index in [0.717, 1.165) is 31.4 Å². The maximum atomic E-state index is 6.08. The van der Waals surface area contributed by atoms with Gasteiger partial charge in [-0.25, -0.2) is 0 Å². The first-order chi connectivity index (χ1) is 8.19. The second-order valence-corrected chi connectivity index (χ2v) is 4.45. The van der Waals surface area contributed by atoms with Gasteiger partial charge < -0.3 is 11.5 Å². The van der Waals surface area contributed by atoms with Gasteiger partial charge in [-0.1, -0.05) is 43.7 Å². The Morgan fingerprint density at radius 2 is 2.29 bits per heavy atom. The van der Waals surface area contributed by atoms with Crippen LogP contribution in [0.5, 0.6) is 0 Å². The molecule has 0 fully saturated rings. The van der Waals surface area contributed by atoms with Crippen LogP contribution in [0.1, 0.15) is 39.5 Å². The van der Waals surface area contributed by atoms with Gasteiger partial charge in [0.25, 0.3) is 0 Å². The molecule has 0 bridgehead atoms. The van der Waals surface area contributed by atoms with Crippen LogP contribution in [0.3, 0.4) is 0 Å². The third kappa shape index (κ3) is 4.23. The van der Waals surface area contributed by atoms with Gasteiger partial charge in [0.2, 0.25) is 0 Å². The highest BCUT2D eigenvalue weighted by Crippen LogP contribution is 2.22. The topological polar surface area (TPSA) is 52.0 Å². The van der Waals surface area contributed by atoms with Crippen molar-refractivity contribution in [3.8, 4) is 0 Å². The minimum Gasteiger partial charge on any atom is -0.399 e. The molecule has 0 heterocycles. The van der Waals surface area contributed by atoms with Gasteiger partial charge in [0.1, 0.15) is 0 Å². The van der Waals surface area contributed by atoms with Gasteiger partial charge in [-0.15, -0.1) is 0 Å². The minimum atomic E-state index is 0.147. The monoisotopic (exact) mass is 232 g/mol. The summed E-state index contributed by atoms with van der Waals surface area (Å²) >= 11 is 0. The van der Waals surface area contributed by atoms with Gasteiger partial charge >= 0.3 is 0 Å². The molecular weight excluding hydrogens is 208 g/mol. The van der Waals surface area contributed by atoms with E-state index in [1.54, 1.807) is 0 Å². The van der Waals surface area contributed by atoms with Crippen molar-refractivity contribution in [3.63, 3.8) is 0 Å². The van der Waals surface area contributed by atoms with E-state index in [0.29, 0.717) is 0 Å². The number of rotatable bonds is 5. The van der Waals surface area contributed by atoms with Crippen molar-refractivity contribution in [2.24, 2.45) is 11.5 Å². The zero-order valence-electron chi connectivity index (χ0n) is 10.9. The Bertz CT molecular complexity index is 359. The normalized spacial score (nSPS) is 21.6. The first-order valence-electron chi connectivity index (χ1n) is 6.41. The maximum absolute atomic E-state index is 6.08. The third-order valence-corrected chi connectivity index (χ3v) is 3.08. The molecule has 94 valence electrons. The zero-order chi connectivity index (χ0) is 12.7. The summed E-state index contributed by atoms with van der Waals surface area (Å²) in [6, 6.07) is 0.147. The summed E-state index contributed by atoms with van der Waals surface area (Å²) in [4.78, 5) is 0. The highest BCUT2D eigenvalue weighted by molar-refractivity contribution is 5.36. The molecule has 1 rings (SSSR count). The fraction of sp³-hybridized carbons (Fsp3) is 0.467. The van der Waals surface area contributed by atoms with Crippen molar-refractivity contribution in [1.29, 1.82) is 0 Å². The van der Waals surface area contributed by atoms with Crippen LogP contribution in [-0.4, -0.2) is 6.04 Å². The number of allylic oxidation sites excluding steroid dienone is 5. The first-order valence-corrected chi connectivity index (χ1v) is 6.41. The van der Waals surface area contributed by atoms with Crippen molar-refractivity contribution in [2.75, 3.05) is 0 Å². The zero-order valence-corrected chi connectivity index (χ0v) is 10.9. The van der Waals surface area contributed by atoms with Crippen LogP contribution in [0.4, 0.5) is 0 Å². The fourth-order valence-electron chi connectivity index (χ4n) is 1.90. The fourth-order valence-corrected chi connectivity index (χ4v) is 1.90. The molecule has 0 aromatic rings. The molecule has 0 aliphatic heterocycles. The van der Waals surface area contributed by atoms with E-state index in [1.807, 2.05) is 6.92 Å². The average Bonchev–Trinajstić information content (AvgIpc) is 2.35. The average molecular weight is 232 g/mol. The molecule has 0 amide bonds. The van der Waals surface area contributed by atoms with Crippen molar-refractivity contribution in [3.05, 3.63) is 47.2 Å². The summed E-state index contributed by atoms with van der Waals surface area (Å²) in [5, 5.41) is 0. The molecule has 17 heavy (non-hydrogen) atoms. The predicted octanol–water partition coefficient (Wildman–Crippen LogP) is 3.18. The number of hydrogen-bond donors (Lipinski definition) is 2. The molecule has 0 saturated heterocycles. The molecule has 1 atom stereocenters. The Morgan fingerprint density at radius 3 is 2.88 bits per heavy atom. The van der Waals surface area contributed by atoms with Crippen LogP contribution in [0.15, 0.2) is 47.2 Å². The van der Waals surface area contributed by atoms with Crippen LogP contribution >= 0.6 is 0 Å². The second kappa shape index (κ2) is 7.13. The Balaban J connectivity index is 2.71. The Labute approximate surface area is 105 Å². The highest BCUT2D eigenvalue weighted by Gasteiger charge is 2.12. The van der Waals surface area contributed by atoms with Gasteiger partial charge in [-0.05, 0) is 37.3 Å². The number of unbranched alkanes of at least 4 members (excludes halogenated alkanes) is 1. The molecule has 1 unspecified atom stereocenters. The van der Waals surface area contributed by atoms with Gasteiger partial charge in [-0.2, -0.15) is 0 Å². The van der Waals surface area contributed by atoms with E-state index in [9.17, 15) is 0 Å². The molecule has 0 aromatic heterocycles.